The third-order valence-electron chi connectivity index (χ3n) is 4.12. The van der Waals surface area contributed by atoms with E-state index in [0.717, 1.165) is 45.1 Å². The lowest BCUT2D eigenvalue weighted by Gasteiger charge is -2.35. The number of piperazine rings is 1. The Hall–Kier alpha value is -1.53. The first-order valence-electron chi connectivity index (χ1n) is 7.05. The normalized spacial score (nSPS) is 21.6. The summed E-state index contributed by atoms with van der Waals surface area (Å²) in [6, 6.07) is 4.03. The number of hydrogen-bond donors (Lipinski definition) is 1. The maximum atomic E-state index is 13.3. The van der Waals surface area contributed by atoms with Crippen LogP contribution in [0.4, 0.5) is 10.1 Å². The molecule has 6 heteroatoms. The summed E-state index contributed by atoms with van der Waals surface area (Å²) in [5, 5.41) is 14.5. The molecule has 1 aromatic rings. The molecular weight excluding hydrogens is 261 g/mol. The SMILES string of the molecule is O=[N+]([O-])c1cc(F)ccc1[C@H](C1CC1)N1CCNCC1. The van der Waals surface area contributed by atoms with Crippen molar-refractivity contribution in [1.82, 2.24) is 10.2 Å². The molecule has 2 aliphatic rings. The summed E-state index contributed by atoms with van der Waals surface area (Å²) < 4.78 is 13.3. The van der Waals surface area contributed by atoms with Gasteiger partial charge in [0.1, 0.15) is 5.82 Å². The molecule has 1 N–H and O–H groups in total. The Morgan fingerprint density at radius 1 is 1.35 bits per heavy atom. The van der Waals surface area contributed by atoms with Crippen molar-refractivity contribution in [2.24, 2.45) is 5.92 Å². The van der Waals surface area contributed by atoms with Crippen molar-refractivity contribution in [3.63, 3.8) is 0 Å². The maximum absolute atomic E-state index is 13.3. The predicted molar refractivity (Wildman–Crippen MR) is 73.0 cm³/mol. The van der Waals surface area contributed by atoms with Crippen molar-refractivity contribution in [1.29, 1.82) is 0 Å². The molecule has 3 rings (SSSR count). The molecule has 2 fully saturated rings. The third kappa shape index (κ3) is 2.66. The Morgan fingerprint density at radius 2 is 2.05 bits per heavy atom. The van der Waals surface area contributed by atoms with E-state index in [1.807, 2.05) is 0 Å². The largest absolute Gasteiger partial charge is 0.314 e. The van der Waals surface area contributed by atoms with Gasteiger partial charge in [0.25, 0.3) is 5.69 Å². The van der Waals surface area contributed by atoms with Crippen LogP contribution in [0.15, 0.2) is 18.2 Å². The van der Waals surface area contributed by atoms with Gasteiger partial charge in [-0.1, -0.05) is 0 Å². The molecule has 0 spiro atoms. The minimum atomic E-state index is -0.546. The highest BCUT2D eigenvalue weighted by Gasteiger charge is 2.39. The minimum Gasteiger partial charge on any atom is -0.314 e. The zero-order valence-electron chi connectivity index (χ0n) is 11.2. The van der Waals surface area contributed by atoms with Gasteiger partial charge in [-0.25, -0.2) is 4.39 Å². The molecule has 1 aromatic carbocycles. The van der Waals surface area contributed by atoms with E-state index < -0.39 is 10.7 Å². The summed E-state index contributed by atoms with van der Waals surface area (Å²) >= 11 is 0. The Kier molecular flexibility index (Phi) is 3.67. The lowest BCUT2D eigenvalue weighted by Crippen LogP contribution is -2.45. The highest BCUT2D eigenvalue weighted by Crippen LogP contribution is 2.47. The van der Waals surface area contributed by atoms with Crippen LogP contribution in [0, 0.1) is 21.8 Å². The number of rotatable bonds is 4. The van der Waals surface area contributed by atoms with Crippen LogP contribution in [0.1, 0.15) is 24.4 Å². The molecule has 0 aromatic heterocycles. The topological polar surface area (TPSA) is 58.4 Å². The van der Waals surface area contributed by atoms with Crippen molar-refractivity contribution in [2.45, 2.75) is 18.9 Å². The van der Waals surface area contributed by atoms with Gasteiger partial charge in [0, 0.05) is 37.8 Å². The second-order valence-corrected chi connectivity index (χ2v) is 5.53. The van der Waals surface area contributed by atoms with E-state index in [4.69, 9.17) is 0 Å². The highest BCUT2D eigenvalue weighted by atomic mass is 19.1. The van der Waals surface area contributed by atoms with Gasteiger partial charge < -0.3 is 5.32 Å². The summed E-state index contributed by atoms with van der Waals surface area (Å²) in [4.78, 5) is 13.0. The fourth-order valence-corrected chi connectivity index (χ4v) is 3.05. The Morgan fingerprint density at radius 3 is 2.65 bits per heavy atom. The van der Waals surface area contributed by atoms with Crippen LogP contribution in [0.2, 0.25) is 0 Å². The van der Waals surface area contributed by atoms with Crippen LogP contribution in [0.3, 0.4) is 0 Å². The number of halogens is 1. The fourth-order valence-electron chi connectivity index (χ4n) is 3.05. The molecule has 5 nitrogen and oxygen atoms in total. The van der Waals surface area contributed by atoms with E-state index in [1.165, 1.54) is 6.07 Å². The number of nitrogens with one attached hydrogen (secondary N) is 1. The predicted octanol–water partition coefficient (Wildman–Crippen LogP) is 2.09. The van der Waals surface area contributed by atoms with Gasteiger partial charge in [-0.15, -0.1) is 0 Å². The molecule has 1 heterocycles. The van der Waals surface area contributed by atoms with Crippen LogP contribution >= 0.6 is 0 Å². The zero-order valence-corrected chi connectivity index (χ0v) is 11.2. The molecule has 0 unspecified atom stereocenters. The van der Waals surface area contributed by atoms with Crippen molar-refractivity contribution in [3.8, 4) is 0 Å². The molecule has 1 atom stereocenters. The standard InChI is InChI=1S/C14H18FN3O2/c15-11-3-4-12(13(9-11)18(19)20)14(10-1-2-10)17-7-5-16-6-8-17/h3-4,9-10,14,16H,1-2,5-8H2/t14-/m0/s1. The van der Waals surface area contributed by atoms with Crippen molar-refractivity contribution in [3.05, 3.63) is 39.7 Å². The first-order chi connectivity index (χ1) is 9.66. The monoisotopic (exact) mass is 279 g/mol. The van der Waals surface area contributed by atoms with Crippen LogP contribution < -0.4 is 5.32 Å². The zero-order chi connectivity index (χ0) is 14.1. The third-order valence-corrected chi connectivity index (χ3v) is 4.12. The minimum absolute atomic E-state index is 0.0538. The summed E-state index contributed by atoms with van der Waals surface area (Å²) in [6.45, 7) is 3.57. The van der Waals surface area contributed by atoms with Gasteiger partial charge in [-0.2, -0.15) is 0 Å². The summed E-state index contributed by atoms with van der Waals surface area (Å²) in [5.41, 5.74) is 0.584. The van der Waals surface area contributed by atoms with E-state index in [0.29, 0.717) is 11.5 Å². The lowest BCUT2D eigenvalue weighted by atomic mass is 9.98. The van der Waals surface area contributed by atoms with Crippen LogP contribution in [0.25, 0.3) is 0 Å². The number of nitro benzene ring substituents is 1. The van der Waals surface area contributed by atoms with Crippen molar-refractivity contribution >= 4 is 5.69 Å². The molecule has 1 aliphatic carbocycles. The van der Waals surface area contributed by atoms with Gasteiger partial charge in [-0.05, 0) is 30.9 Å². The molecule has 1 saturated carbocycles. The van der Waals surface area contributed by atoms with Gasteiger partial charge >= 0.3 is 0 Å². The average Bonchev–Trinajstić information content (AvgIpc) is 3.26. The second kappa shape index (κ2) is 5.46. The van der Waals surface area contributed by atoms with E-state index >= 15 is 0 Å². The number of benzene rings is 1. The van der Waals surface area contributed by atoms with Crippen LogP contribution in [-0.2, 0) is 0 Å². The molecular formula is C14H18FN3O2. The second-order valence-electron chi connectivity index (χ2n) is 5.53. The van der Waals surface area contributed by atoms with Crippen molar-refractivity contribution < 1.29 is 9.31 Å². The van der Waals surface area contributed by atoms with Crippen LogP contribution in [0.5, 0.6) is 0 Å². The van der Waals surface area contributed by atoms with Gasteiger partial charge in [0.2, 0.25) is 0 Å². The molecule has 0 bridgehead atoms. The molecule has 108 valence electrons. The number of nitro groups is 1. The van der Waals surface area contributed by atoms with E-state index in [2.05, 4.69) is 10.2 Å². The maximum Gasteiger partial charge on any atom is 0.277 e. The van der Waals surface area contributed by atoms with Crippen molar-refractivity contribution in [2.75, 3.05) is 26.2 Å². The van der Waals surface area contributed by atoms with E-state index in [9.17, 15) is 14.5 Å². The summed E-state index contributed by atoms with van der Waals surface area (Å²) in [5.74, 6) is -0.0763. The Balaban J connectivity index is 1.96. The Bertz CT molecular complexity index is 513. The first-order valence-corrected chi connectivity index (χ1v) is 7.05. The molecule has 0 radical (unpaired) electrons. The average molecular weight is 279 g/mol. The Labute approximate surface area is 116 Å². The molecule has 20 heavy (non-hydrogen) atoms. The van der Waals surface area contributed by atoms with Crippen LogP contribution in [-0.4, -0.2) is 36.0 Å². The lowest BCUT2D eigenvalue weighted by molar-refractivity contribution is -0.386. The fraction of sp³-hybridized carbons (Fsp3) is 0.571. The molecule has 0 amide bonds. The van der Waals surface area contributed by atoms with Gasteiger partial charge in [0.05, 0.1) is 11.0 Å². The quantitative estimate of drug-likeness (QED) is 0.677. The molecule has 1 aliphatic heterocycles. The van der Waals surface area contributed by atoms with Gasteiger partial charge in [0.15, 0.2) is 0 Å². The molecule has 1 saturated heterocycles. The first kappa shape index (κ1) is 13.5. The van der Waals surface area contributed by atoms with Gasteiger partial charge in [-0.3, -0.25) is 15.0 Å². The summed E-state index contributed by atoms with van der Waals surface area (Å²) in [7, 11) is 0. The number of hydrogen-bond acceptors (Lipinski definition) is 4. The number of nitrogens with zero attached hydrogens (tertiary/aromatic N) is 2. The smallest absolute Gasteiger partial charge is 0.277 e. The summed E-state index contributed by atoms with van der Waals surface area (Å²) in [6.07, 6.45) is 2.20. The van der Waals surface area contributed by atoms with E-state index in [-0.39, 0.29) is 11.7 Å². The highest BCUT2D eigenvalue weighted by molar-refractivity contribution is 5.43. The van der Waals surface area contributed by atoms with E-state index in [1.54, 1.807) is 6.07 Å².